The Labute approximate surface area is 146 Å². The molecule has 1 saturated heterocycles. The highest BCUT2D eigenvalue weighted by Gasteiger charge is 2.53. The Bertz CT molecular complexity index is 742. The van der Waals surface area contributed by atoms with Gasteiger partial charge in [0.2, 0.25) is 0 Å². The molecule has 1 aliphatic heterocycles. The molecule has 0 bridgehead atoms. The molecule has 2 aromatic rings. The fraction of sp³-hybridized carbons (Fsp3) is 0.438. The summed E-state index contributed by atoms with van der Waals surface area (Å²) in [7, 11) is -0.546. The van der Waals surface area contributed by atoms with Gasteiger partial charge in [0.05, 0.1) is 26.7 Å². The van der Waals surface area contributed by atoms with E-state index in [9.17, 15) is 0 Å². The molecule has 0 N–H and O–H groups in total. The smallest absolute Gasteiger partial charge is 0.399 e. The van der Waals surface area contributed by atoms with Crippen LogP contribution >= 0.6 is 23.2 Å². The molecule has 0 spiro atoms. The Balaban J connectivity index is 2.05. The zero-order valence-corrected chi connectivity index (χ0v) is 15.2. The average Bonchev–Trinajstić information content (AvgIpc) is 2.91. The molecule has 1 fully saturated rings. The van der Waals surface area contributed by atoms with Gasteiger partial charge in [-0.25, -0.2) is 0 Å². The first-order valence-corrected chi connectivity index (χ1v) is 8.15. The topological polar surface area (TPSA) is 44.5 Å². The van der Waals surface area contributed by atoms with Gasteiger partial charge in [-0.1, -0.05) is 34.4 Å². The van der Waals surface area contributed by atoms with Crippen LogP contribution in [-0.4, -0.2) is 23.5 Å². The monoisotopic (exact) mass is 353 g/mol. The van der Waals surface area contributed by atoms with Gasteiger partial charge in [-0.3, -0.25) is 0 Å². The fourth-order valence-electron chi connectivity index (χ4n) is 2.47. The van der Waals surface area contributed by atoms with E-state index in [0.717, 1.165) is 11.0 Å². The largest absolute Gasteiger partial charge is 0.500 e. The third-order valence-electron chi connectivity index (χ3n) is 4.59. The molecule has 1 aliphatic rings. The molecular formula is C16H18BCl2NO3. The first-order valence-electron chi connectivity index (χ1n) is 7.39. The van der Waals surface area contributed by atoms with Gasteiger partial charge in [0.25, 0.3) is 0 Å². The quantitative estimate of drug-likeness (QED) is 0.757. The maximum absolute atomic E-state index is 6.12. The predicted octanol–water partition coefficient (Wildman–Crippen LogP) is 4.26. The van der Waals surface area contributed by atoms with Crippen molar-refractivity contribution in [3.63, 3.8) is 0 Å². The van der Waals surface area contributed by atoms with Crippen LogP contribution in [0.1, 0.15) is 33.5 Å². The Kier molecular flexibility index (Phi) is 4.04. The summed E-state index contributed by atoms with van der Waals surface area (Å²) in [4.78, 5) is 0. The maximum Gasteiger partial charge on any atom is 0.500 e. The van der Waals surface area contributed by atoms with Gasteiger partial charge in [0, 0.05) is 5.56 Å². The molecule has 0 amide bonds. The molecule has 0 saturated carbocycles. The van der Waals surface area contributed by atoms with Gasteiger partial charge < -0.3 is 13.8 Å². The molecule has 0 unspecified atom stereocenters. The normalized spacial score (nSPS) is 19.3. The van der Waals surface area contributed by atoms with Crippen LogP contribution in [0.5, 0.6) is 0 Å². The second-order valence-electron chi connectivity index (χ2n) is 6.72. The lowest BCUT2D eigenvalue weighted by Gasteiger charge is -2.32. The van der Waals surface area contributed by atoms with Crippen molar-refractivity contribution in [3.8, 4) is 11.3 Å². The highest BCUT2D eigenvalue weighted by molar-refractivity contribution is 6.64. The SMILES string of the molecule is Cc1onc(-c2ccc(Cl)c(Cl)c2)c1B1OC(C)(C)C(C)(C)O1. The number of hydrogen-bond donors (Lipinski definition) is 0. The van der Waals surface area contributed by atoms with Gasteiger partial charge in [-0.2, -0.15) is 0 Å². The molecule has 23 heavy (non-hydrogen) atoms. The number of nitrogens with zero attached hydrogens (tertiary/aromatic N) is 1. The standard InChI is InChI=1S/C16H18BCl2NO3/c1-9-13(17-22-15(2,3)16(4,5)23-17)14(20-21-9)10-6-7-11(18)12(19)8-10/h6-8H,1-5H3. The summed E-state index contributed by atoms with van der Waals surface area (Å²) in [6.07, 6.45) is 0. The second kappa shape index (κ2) is 5.52. The van der Waals surface area contributed by atoms with Crippen molar-refractivity contribution in [1.29, 1.82) is 0 Å². The van der Waals surface area contributed by atoms with Crippen molar-refractivity contribution in [2.45, 2.75) is 45.8 Å². The number of aromatic nitrogens is 1. The van der Waals surface area contributed by atoms with E-state index in [4.69, 9.17) is 37.0 Å². The Morgan fingerprint density at radius 1 is 1.00 bits per heavy atom. The van der Waals surface area contributed by atoms with Crippen LogP contribution in [0, 0.1) is 6.92 Å². The van der Waals surface area contributed by atoms with Crippen LogP contribution in [0.3, 0.4) is 0 Å². The Hall–Kier alpha value is -1.01. The molecule has 122 valence electrons. The molecule has 0 radical (unpaired) electrons. The molecule has 1 aromatic carbocycles. The summed E-state index contributed by atoms with van der Waals surface area (Å²) in [6, 6.07) is 5.34. The van der Waals surface area contributed by atoms with Gasteiger partial charge in [-0.05, 0) is 46.8 Å². The van der Waals surface area contributed by atoms with Crippen molar-refractivity contribution < 1.29 is 13.8 Å². The highest BCUT2D eigenvalue weighted by atomic mass is 35.5. The van der Waals surface area contributed by atoms with E-state index in [1.54, 1.807) is 12.1 Å². The summed E-state index contributed by atoms with van der Waals surface area (Å²) >= 11 is 12.1. The highest BCUT2D eigenvalue weighted by Crippen LogP contribution is 2.38. The lowest BCUT2D eigenvalue weighted by Crippen LogP contribution is -2.41. The lowest BCUT2D eigenvalue weighted by atomic mass is 9.76. The first-order chi connectivity index (χ1) is 10.6. The van der Waals surface area contributed by atoms with Gasteiger partial charge in [-0.15, -0.1) is 0 Å². The molecule has 2 heterocycles. The van der Waals surface area contributed by atoms with Crippen LogP contribution in [0.25, 0.3) is 11.3 Å². The van der Waals surface area contributed by atoms with Crippen LogP contribution in [0.15, 0.2) is 22.7 Å². The predicted molar refractivity (Wildman–Crippen MR) is 92.4 cm³/mol. The lowest BCUT2D eigenvalue weighted by molar-refractivity contribution is 0.00578. The molecule has 1 aromatic heterocycles. The molecule has 4 nitrogen and oxygen atoms in total. The zero-order valence-electron chi connectivity index (χ0n) is 13.7. The van der Waals surface area contributed by atoms with Crippen LogP contribution in [-0.2, 0) is 9.31 Å². The summed E-state index contributed by atoms with van der Waals surface area (Å²) in [5, 5.41) is 5.12. The van der Waals surface area contributed by atoms with E-state index in [-0.39, 0.29) is 0 Å². The minimum Gasteiger partial charge on any atom is -0.399 e. The number of hydrogen-bond acceptors (Lipinski definition) is 4. The zero-order chi connectivity index (χ0) is 17.0. The number of aryl methyl sites for hydroxylation is 1. The fourth-order valence-corrected chi connectivity index (χ4v) is 2.77. The van der Waals surface area contributed by atoms with E-state index >= 15 is 0 Å². The third kappa shape index (κ3) is 2.80. The maximum atomic E-state index is 6.12. The second-order valence-corrected chi connectivity index (χ2v) is 7.53. The minimum absolute atomic E-state index is 0.434. The molecular weight excluding hydrogens is 336 g/mol. The Morgan fingerprint density at radius 3 is 2.17 bits per heavy atom. The van der Waals surface area contributed by atoms with Crippen LogP contribution in [0.2, 0.25) is 10.0 Å². The summed E-state index contributed by atoms with van der Waals surface area (Å²) in [5.41, 5.74) is 1.37. The van der Waals surface area contributed by atoms with Crippen molar-refractivity contribution in [1.82, 2.24) is 5.16 Å². The molecule has 0 atom stereocenters. The van der Waals surface area contributed by atoms with E-state index in [1.807, 2.05) is 40.7 Å². The van der Waals surface area contributed by atoms with Gasteiger partial charge in [0.15, 0.2) is 0 Å². The number of benzene rings is 1. The van der Waals surface area contributed by atoms with Gasteiger partial charge >= 0.3 is 7.12 Å². The first kappa shape index (κ1) is 16.8. The van der Waals surface area contributed by atoms with Crippen molar-refractivity contribution >= 4 is 35.8 Å². The van der Waals surface area contributed by atoms with E-state index in [0.29, 0.717) is 21.5 Å². The molecule has 7 heteroatoms. The van der Waals surface area contributed by atoms with Crippen molar-refractivity contribution in [3.05, 3.63) is 34.0 Å². The Morgan fingerprint density at radius 2 is 1.61 bits per heavy atom. The van der Waals surface area contributed by atoms with Crippen LogP contribution < -0.4 is 5.46 Å². The molecule has 3 rings (SSSR count). The minimum atomic E-state index is -0.546. The van der Waals surface area contributed by atoms with E-state index in [2.05, 4.69) is 5.16 Å². The molecule has 0 aliphatic carbocycles. The van der Waals surface area contributed by atoms with E-state index in [1.165, 1.54) is 0 Å². The van der Waals surface area contributed by atoms with Crippen LogP contribution in [0.4, 0.5) is 0 Å². The van der Waals surface area contributed by atoms with Crippen molar-refractivity contribution in [2.75, 3.05) is 0 Å². The number of halogens is 2. The summed E-state index contributed by atoms with van der Waals surface area (Å²) in [6.45, 7) is 9.88. The van der Waals surface area contributed by atoms with Gasteiger partial charge in [0.1, 0.15) is 11.5 Å². The van der Waals surface area contributed by atoms with E-state index < -0.39 is 18.3 Å². The average molecular weight is 354 g/mol. The summed E-state index contributed by atoms with van der Waals surface area (Å²) < 4.78 is 17.6. The van der Waals surface area contributed by atoms with Crippen molar-refractivity contribution in [2.24, 2.45) is 0 Å². The number of rotatable bonds is 2. The summed E-state index contributed by atoms with van der Waals surface area (Å²) in [5.74, 6) is 0.657. The third-order valence-corrected chi connectivity index (χ3v) is 5.33.